The van der Waals surface area contributed by atoms with Gasteiger partial charge < -0.3 is 26.0 Å². The van der Waals surface area contributed by atoms with Crippen molar-refractivity contribution >= 4 is 35.2 Å². The van der Waals surface area contributed by atoms with Crippen molar-refractivity contribution in [3.8, 4) is 0 Å². The molecule has 0 aliphatic heterocycles. The van der Waals surface area contributed by atoms with Crippen molar-refractivity contribution in [3.05, 3.63) is 70.3 Å². The number of amides is 4. The summed E-state index contributed by atoms with van der Waals surface area (Å²) in [5.74, 6) is -1.66. The second kappa shape index (κ2) is 14.3. The summed E-state index contributed by atoms with van der Waals surface area (Å²) in [4.78, 5) is 60.4. The molecule has 0 aliphatic carbocycles. The molecule has 2 rings (SSSR count). The minimum Gasteiger partial charge on any atom is -0.445 e. The van der Waals surface area contributed by atoms with Gasteiger partial charge in [-0.15, -0.1) is 0 Å². The van der Waals surface area contributed by atoms with Crippen LogP contribution in [0.4, 0.5) is 16.2 Å². The summed E-state index contributed by atoms with van der Waals surface area (Å²) in [6.07, 6.45) is -0.468. The largest absolute Gasteiger partial charge is 0.445 e. The molecule has 12 heteroatoms. The molecule has 0 aliphatic rings. The molecule has 12 nitrogen and oxygen atoms in total. The van der Waals surface area contributed by atoms with Crippen molar-refractivity contribution in [1.82, 2.24) is 16.0 Å². The van der Waals surface area contributed by atoms with Gasteiger partial charge in [0.25, 0.3) is 5.69 Å². The number of nitro groups is 1. The molecular formula is C26H33N5O7. The molecule has 0 spiro atoms. The van der Waals surface area contributed by atoms with E-state index in [2.05, 4.69) is 21.3 Å². The van der Waals surface area contributed by atoms with Crippen LogP contribution in [-0.2, 0) is 25.7 Å². The number of nitrogens with one attached hydrogen (secondary N) is 4. The Kier molecular flexibility index (Phi) is 11.2. The quantitative estimate of drug-likeness (QED) is 0.243. The minimum absolute atomic E-state index is 0.0407. The van der Waals surface area contributed by atoms with E-state index in [1.165, 1.54) is 38.1 Å². The van der Waals surface area contributed by atoms with Gasteiger partial charge in [0.2, 0.25) is 17.7 Å². The summed E-state index contributed by atoms with van der Waals surface area (Å²) in [6, 6.07) is 11.5. The number of benzene rings is 2. The number of ether oxygens (including phenoxy) is 1. The number of rotatable bonds is 12. The second-order valence-corrected chi connectivity index (χ2v) is 9.14. The van der Waals surface area contributed by atoms with Gasteiger partial charge in [-0.3, -0.25) is 24.5 Å². The maximum Gasteiger partial charge on any atom is 0.408 e. The molecule has 204 valence electrons. The lowest BCUT2D eigenvalue weighted by Gasteiger charge is -2.23. The topological polar surface area (TPSA) is 169 Å². The predicted octanol–water partition coefficient (Wildman–Crippen LogP) is 2.88. The van der Waals surface area contributed by atoms with Crippen LogP contribution in [0.1, 0.15) is 39.7 Å². The lowest BCUT2D eigenvalue weighted by Crippen LogP contribution is -2.54. The van der Waals surface area contributed by atoms with Crippen LogP contribution in [0, 0.1) is 16.0 Å². The lowest BCUT2D eigenvalue weighted by molar-refractivity contribution is -0.384. The molecule has 0 saturated heterocycles. The van der Waals surface area contributed by atoms with Gasteiger partial charge in [0.15, 0.2) is 0 Å². The smallest absolute Gasteiger partial charge is 0.408 e. The number of nitrogens with zero attached hydrogens (tertiary/aromatic N) is 1. The minimum atomic E-state index is -1.01. The van der Waals surface area contributed by atoms with Crippen molar-refractivity contribution in [2.45, 2.75) is 58.8 Å². The Hall–Kier alpha value is -4.48. The normalized spacial score (nSPS) is 13.0. The molecule has 0 bridgehead atoms. The summed E-state index contributed by atoms with van der Waals surface area (Å²) in [5, 5.41) is 21.0. The fraction of sp³-hybridized carbons (Fsp3) is 0.385. The molecule has 3 atom stereocenters. The summed E-state index contributed by atoms with van der Waals surface area (Å²) in [6.45, 7) is 6.71. The van der Waals surface area contributed by atoms with Gasteiger partial charge in [-0.2, -0.15) is 0 Å². The standard InChI is InChI=1S/C26H33N5O7/c1-16(2)14-22(25(34)29-20-10-12-21(13-11-20)31(36)37)30-24(33)17(3)27-23(32)18(4)28-26(35)38-15-19-8-6-5-7-9-19/h5-13,16-18,22H,14-15H2,1-4H3,(H,27,32)(H,28,35)(H,29,34)(H,30,33). The Bertz CT molecular complexity index is 1120. The number of hydrogen-bond acceptors (Lipinski definition) is 7. The SMILES string of the molecule is CC(C)CC(NC(=O)C(C)NC(=O)C(C)NC(=O)OCc1ccccc1)C(=O)Nc1ccc([N+](=O)[O-])cc1. The summed E-state index contributed by atoms with van der Waals surface area (Å²) in [5.41, 5.74) is 1.01. The molecule has 38 heavy (non-hydrogen) atoms. The average Bonchev–Trinajstić information content (AvgIpc) is 2.87. The second-order valence-electron chi connectivity index (χ2n) is 9.14. The van der Waals surface area contributed by atoms with Gasteiger partial charge in [0, 0.05) is 17.8 Å². The van der Waals surface area contributed by atoms with Crippen LogP contribution in [0.3, 0.4) is 0 Å². The third-order valence-electron chi connectivity index (χ3n) is 5.38. The van der Waals surface area contributed by atoms with Gasteiger partial charge >= 0.3 is 6.09 Å². The Balaban J connectivity index is 1.89. The number of non-ortho nitro benzene ring substituents is 1. The molecule has 0 fully saturated rings. The molecule has 4 N–H and O–H groups in total. The van der Waals surface area contributed by atoms with Crippen LogP contribution in [0.15, 0.2) is 54.6 Å². The first-order valence-corrected chi connectivity index (χ1v) is 12.1. The lowest BCUT2D eigenvalue weighted by atomic mass is 10.0. The highest BCUT2D eigenvalue weighted by Crippen LogP contribution is 2.16. The summed E-state index contributed by atoms with van der Waals surface area (Å²) in [7, 11) is 0. The van der Waals surface area contributed by atoms with E-state index in [9.17, 15) is 29.3 Å². The van der Waals surface area contributed by atoms with E-state index >= 15 is 0 Å². The molecule has 0 aromatic heterocycles. The molecule has 0 saturated carbocycles. The van der Waals surface area contributed by atoms with E-state index in [-0.39, 0.29) is 18.2 Å². The zero-order valence-corrected chi connectivity index (χ0v) is 21.7. The molecule has 0 heterocycles. The van der Waals surface area contributed by atoms with E-state index in [4.69, 9.17) is 4.74 Å². The Morgan fingerprint density at radius 3 is 1.97 bits per heavy atom. The van der Waals surface area contributed by atoms with Crippen molar-refractivity contribution in [1.29, 1.82) is 0 Å². The number of hydrogen-bond donors (Lipinski definition) is 4. The van der Waals surface area contributed by atoms with E-state index in [1.807, 2.05) is 32.0 Å². The number of carbonyl (C=O) groups is 4. The van der Waals surface area contributed by atoms with Crippen LogP contribution in [0.5, 0.6) is 0 Å². The molecule has 0 radical (unpaired) electrons. The molecule has 2 aromatic rings. The third-order valence-corrected chi connectivity index (χ3v) is 5.38. The maximum atomic E-state index is 12.8. The van der Waals surface area contributed by atoms with Gasteiger partial charge in [-0.1, -0.05) is 44.2 Å². The highest BCUT2D eigenvalue weighted by atomic mass is 16.6. The van der Waals surface area contributed by atoms with E-state index in [0.29, 0.717) is 12.1 Å². The highest BCUT2D eigenvalue weighted by Gasteiger charge is 2.27. The van der Waals surface area contributed by atoms with E-state index < -0.39 is 46.9 Å². The third kappa shape index (κ3) is 9.88. The summed E-state index contributed by atoms with van der Waals surface area (Å²) < 4.78 is 5.10. The van der Waals surface area contributed by atoms with Crippen molar-refractivity contribution < 1.29 is 28.8 Å². The zero-order valence-electron chi connectivity index (χ0n) is 21.7. The summed E-state index contributed by atoms with van der Waals surface area (Å²) >= 11 is 0. The van der Waals surface area contributed by atoms with Crippen molar-refractivity contribution in [2.75, 3.05) is 5.32 Å². The average molecular weight is 528 g/mol. The first-order chi connectivity index (χ1) is 18.0. The van der Waals surface area contributed by atoms with Gasteiger partial charge in [0.05, 0.1) is 4.92 Å². The maximum absolute atomic E-state index is 12.8. The fourth-order valence-electron chi connectivity index (χ4n) is 3.31. The van der Waals surface area contributed by atoms with Gasteiger partial charge in [-0.25, -0.2) is 4.79 Å². The van der Waals surface area contributed by atoms with Crippen molar-refractivity contribution in [2.24, 2.45) is 5.92 Å². The fourth-order valence-corrected chi connectivity index (χ4v) is 3.31. The molecule has 3 unspecified atom stereocenters. The van der Waals surface area contributed by atoms with E-state index in [0.717, 1.165) is 5.56 Å². The Morgan fingerprint density at radius 1 is 0.816 bits per heavy atom. The molecule has 2 aromatic carbocycles. The zero-order chi connectivity index (χ0) is 28.2. The Labute approximate surface area is 220 Å². The highest BCUT2D eigenvalue weighted by molar-refractivity contribution is 5.98. The van der Waals surface area contributed by atoms with Crippen LogP contribution >= 0.6 is 0 Å². The number of carbonyl (C=O) groups excluding carboxylic acids is 4. The molecule has 4 amide bonds. The van der Waals surface area contributed by atoms with Crippen molar-refractivity contribution in [3.63, 3.8) is 0 Å². The van der Waals surface area contributed by atoms with E-state index in [1.54, 1.807) is 12.1 Å². The van der Waals surface area contributed by atoms with Crippen LogP contribution in [-0.4, -0.2) is 46.9 Å². The monoisotopic (exact) mass is 527 g/mol. The first-order valence-electron chi connectivity index (χ1n) is 12.1. The number of alkyl carbamates (subject to hydrolysis) is 1. The first kappa shape index (κ1) is 29.7. The van der Waals surface area contributed by atoms with Gasteiger partial charge in [-0.05, 0) is 43.9 Å². The predicted molar refractivity (Wildman–Crippen MR) is 140 cm³/mol. The van der Waals surface area contributed by atoms with Crippen LogP contribution < -0.4 is 21.3 Å². The molecular weight excluding hydrogens is 494 g/mol. The Morgan fingerprint density at radius 2 is 1.39 bits per heavy atom. The van der Waals surface area contributed by atoms with Crippen LogP contribution in [0.25, 0.3) is 0 Å². The number of anilines is 1. The van der Waals surface area contributed by atoms with Gasteiger partial charge in [0.1, 0.15) is 24.7 Å². The number of nitro benzene ring substituents is 1. The van der Waals surface area contributed by atoms with Crippen LogP contribution in [0.2, 0.25) is 0 Å².